The van der Waals surface area contributed by atoms with Crippen molar-refractivity contribution in [2.24, 2.45) is 0 Å². The van der Waals surface area contributed by atoms with E-state index in [0.717, 1.165) is 76.3 Å². The molecule has 0 unspecified atom stereocenters. The average Bonchev–Trinajstić information content (AvgIpc) is 3.43. The Morgan fingerprint density at radius 3 is 2.36 bits per heavy atom. The smallest absolute Gasteiger partial charge is 0.228 e. The number of piperazine rings is 1. The van der Waals surface area contributed by atoms with Gasteiger partial charge in [-0.2, -0.15) is 5.10 Å². The molecule has 10 nitrogen and oxygen atoms in total. The minimum Gasteiger partial charge on any atom is -0.497 e. The van der Waals surface area contributed by atoms with Gasteiger partial charge in [-0.05, 0) is 55.3 Å². The van der Waals surface area contributed by atoms with Crippen LogP contribution >= 0.6 is 0 Å². The van der Waals surface area contributed by atoms with Gasteiger partial charge in [0.25, 0.3) is 0 Å². The maximum Gasteiger partial charge on any atom is 0.228 e. The van der Waals surface area contributed by atoms with Crippen molar-refractivity contribution in [3.05, 3.63) is 55.0 Å². The molecule has 0 atom stereocenters. The molecule has 1 aliphatic heterocycles. The highest BCUT2D eigenvalue weighted by Gasteiger charge is 2.18. The maximum absolute atomic E-state index is 5.53. The van der Waals surface area contributed by atoms with Gasteiger partial charge >= 0.3 is 0 Å². The zero-order chi connectivity index (χ0) is 26.9. The average molecular weight is 525 g/mol. The second-order valence-electron chi connectivity index (χ2n) is 9.87. The normalized spacial score (nSPS) is 13.8. The molecular weight excluding hydrogens is 492 g/mol. The van der Waals surface area contributed by atoms with E-state index in [1.165, 1.54) is 0 Å². The van der Waals surface area contributed by atoms with Gasteiger partial charge < -0.3 is 25.0 Å². The summed E-state index contributed by atoms with van der Waals surface area (Å²) in [4.78, 5) is 16.5. The molecule has 0 spiro atoms. The number of anilines is 3. The van der Waals surface area contributed by atoms with Gasteiger partial charge in [-0.15, -0.1) is 0 Å². The highest BCUT2D eigenvalue weighted by molar-refractivity contribution is 6.10. The van der Waals surface area contributed by atoms with Crippen LogP contribution in [0.2, 0.25) is 0 Å². The third kappa shape index (κ3) is 4.79. The fraction of sp³-hybridized carbons (Fsp3) is 0.310. The van der Waals surface area contributed by atoms with E-state index in [1.807, 2.05) is 47.5 Å². The Kier molecular flexibility index (Phi) is 6.62. The minimum absolute atomic E-state index is 0.145. The van der Waals surface area contributed by atoms with Crippen LogP contribution in [-0.2, 0) is 0 Å². The Balaban J connectivity index is 1.41. The first-order valence-corrected chi connectivity index (χ1v) is 13.1. The van der Waals surface area contributed by atoms with E-state index in [-0.39, 0.29) is 6.04 Å². The summed E-state index contributed by atoms with van der Waals surface area (Å²) in [6, 6.07) is 12.2. The molecule has 1 fully saturated rings. The third-order valence-corrected chi connectivity index (χ3v) is 7.05. The minimum atomic E-state index is 0.145. The third-order valence-electron chi connectivity index (χ3n) is 7.05. The molecule has 4 heterocycles. The van der Waals surface area contributed by atoms with E-state index in [4.69, 9.17) is 19.6 Å². The van der Waals surface area contributed by atoms with Gasteiger partial charge in [0.15, 0.2) is 0 Å². The van der Waals surface area contributed by atoms with Crippen LogP contribution in [0.1, 0.15) is 19.9 Å². The molecule has 3 aromatic heterocycles. The molecule has 0 saturated carbocycles. The fourth-order valence-electron chi connectivity index (χ4n) is 5.05. The Bertz CT molecular complexity index is 1600. The molecule has 39 heavy (non-hydrogen) atoms. The molecule has 10 heteroatoms. The first-order valence-electron chi connectivity index (χ1n) is 13.1. The molecule has 1 saturated heterocycles. The van der Waals surface area contributed by atoms with Crippen molar-refractivity contribution >= 4 is 39.3 Å². The topological polar surface area (TPSA) is 102 Å². The Labute approximate surface area is 227 Å². The maximum atomic E-state index is 5.53. The van der Waals surface area contributed by atoms with Crippen LogP contribution in [0.4, 0.5) is 17.5 Å². The molecule has 0 amide bonds. The van der Waals surface area contributed by atoms with Crippen molar-refractivity contribution in [1.29, 1.82) is 0 Å². The van der Waals surface area contributed by atoms with Gasteiger partial charge in [0.1, 0.15) is 22.8 Å². The second-order valence-corrected chi connectivity index (χ2v) is 9.87. The number of hydrogen-bond donors (Lipinski definition) is 2. The molecule has 1 aliphatic rings. The summed E-state index contributed by atoms with van der Waals surface area (Å²) in [5, 5.41) is 13.3. The molecule has 200 valence electrons. The first-order chi connectivity index (χ1) is 19.0. The number of nitrogens with zero attached hydrogens (tertiary/aromatic N) is 6. The number of pyridine rings is 1. The lowest BCUT2D eigenvalue weighted by atomic mass is 9.99. The van der Waals surface area contributed by atoms with E-state index in [9.17, 15) is 0 Å². The van der Waals surface area contributed by atoms with Crippen molar-refractivity contribution in [2.75, 3.05) is 50.6 Å². The lowest BCUT2D eigenvalue weighted by molar-refractivity contribution is 0.394. The standard InChI is InChI=1S/C29H32N8O2/c1-18(2)37-28-25(17-33-37)24(19-11-22(38-3)14-23(12-19)39-4)13-20-15-32-29(35-27(20)28)34-26-6-5-21(16-31-26)36-9-7-30-8-10-36/h5-6,11-18,30H,7-10H2,1-4H3,(H,31,32,34,35). The molecule has 0 radical (unpaired) electrons. The Morgan fingerprint density at radius 1 is 0.923 bits per heavy atom. The molecule has 2 N–H and O–H groups in total. The summed E-state index contributed by atoms with van der Waals surface area (Å²) in [7, 11) is 3.31. The number of methoxy groups -OCH3 is 2. The van der Waals surface area contributed by atoms with Crippen molar-refractivity contribution in [3.8, 4) is 22.6 Å². The lowest BCUT2D eigenvalue weighted by Gasteiger charge is -2.29. The highest BCUT2D eigenvalue weighted by atomic mass is 16.5. The van der Waals surface area contributed by atoms with Crippen LogP contribution in [0.3, 0.4) is 0 Å². The monoisotopic (exact) mass is 524 g/mol. The van der Waals surface area contributed by atoms with Crippen LogP contribution in [0.25, 0.3) is 32.9 Å². The van der Waals surface area contributed by atoms with E-state index in [2.05, 4.69) is 51.5 Å². The molecule has 0 bridgehead atoms. The van der Waals surface area contributed by atoms with Crippen LogP contribution in [0.15, 0.2) is 55.0 Å². The summed E-state index contributed by atoms with van der Waals surface area (Å²) in [6.07, 6.45) is 5.65. The SMILES string of the molecule is COc1cc(OC)cc(-c2cc3cnc(Nc4ccc(N5CCNCC5)cn4)nc3c3c2cnn3C(C)C)c1. The zero-order valence-electron chi connectivity index (χ0n) is 22.6. The number of hydrogen-bond acceptors (Lipinski definition) is 9. The summed E-state index contributed by atoms with van der Waals surface area (Å²) >= 11 is 0. The first kappa shape index (κ1) is 24.9. The number of ether oxygens (including phenoxy) is 2. The molecule has 2 aromatic carbocycles. The van der Waals surface area contributed by atoms with Gasteiger partial charge in [-0.3, -0.25) is 4.68 Å². The summed E-state index contributed by atoms with van der Waals surface area (Å²) < 4.78 is 13.1. The number of rotatable bonds is 7. The predicted molar refractivity (Wildman–Crippen MR) is 154 cm³/mol. The summed E-state index contributed by atoms with van der Waals surface area (Å²) in [5.41, 5.74) is 4.87. The van der Waals surface area contributed by atoms with Gasteiger partial charge in [-0.1, -0.05) is 0 Å². The second kappa shape index (κ2) is 10.4. The number of aromatic nitrogens is 5. The van der Waals surface area contributed by atoms with Crippen molar-refractivity contribution in [1.82, 2.24) is 30.0 Å². The molecule has 5 aromatic rings. The summed E-state index contributed by atoms with van der Waals surface area (Å²) in [5.74, 6) is 2.63. The van der Waals surface area contributed by atoms with Gasteiger partial charge in [0.05, 0.1) is 37.8 Å². The van der Waals surface area contributed by atoms with Crippen molar-refractivity contribution in [3.63, 3.8) is 0 Å². The van der Waals surface area contributed by atoms with E-state index in [1.54, 1.807) is 14.2 Å². The largest absolute Gasteiger partial charge is 0.497 e. The highest BCUT2D eigenvalue weighted by Crippen LogP contribution is 2.38. The van der Waals surface area contributed by atoms with Crippen molar-refractivity contribution in [2.45, 2.75) is 19.9 Å². The Hall–Kier alpha value is -4.44. The zero-order valence-corrected chi connectivity index (χ0v) is 22.6. The van der Waals surface area contributed by atoms with Crippen LogP contribution < -0.4 is 25.0 Å². The van der Waals surface area contributed by atoms with Crippen LogP contribution in [-0.4, -0.2) is 65.1 Å². The number of fused-ring (bicyclic) bond motifs is 3. The molecule has 0 aliphatic carbocycles. The fourth-order valence-corrected chi connectivity index (χ4v) is 5.05. The summed E-state index contributed by atoms with van der Waals surface area (Å²) in [6.45, 7) is 8.16. The van der Waals surface area contributed by atoms with Gasteiger partial charge in [-0.25, -0.2) is 15.0 Å². The molecular formula is C29H32N8O2. The quantitative estimate of drug-likeness (QED) is 0.311. The molecule has 6 rings (SSSR count). The Morgan fingerprint density at radius 2 is 1.69 bits per heavy atom. The number of benzene rings is 2. The number of nitrogens with one attached hydrogen (secondary N) is 2. The van der Waals surface area contributed by atoms with Gasteiger partial charge in [0, 0.05) is 55.3 Å². The van der Waals surface area contributed by atoms with Crippen molar-refractivity contribution < 1.29 is 9.47 Å². The predicted octanol–water partition coefficient (Wildman–Crippen LogP) is 4.79. The lowest BCUT2D eigenvalue weighted by Crippen LogP contribution is -2.43. The van der Waals surface area contributed by atoms with E-state index in [0.29, 0.717) is 11.8 Å². The van der Waals surface area contributed by atoms with Gasteiger partial charge in [0.2, 0.25) is 5.95 Å². The van der Waals surface area contributed by atoms with Crippen LogP contribution in [0, 0.1) is 0 Å². The van der Waals surface area contributed by atoms with Crippen LogP contribution in [0.5, 0.6) is 11.5 Å². The van der Waals surface area contributed by atoms with E-state index >= 15 is 0 Å². The van der Waals surface area contributed by atoms with E-state index < -0.39 is 0 Å².